The molecule has 0 aromatic heterocycles. The van der Waals surface area contributed by atoms with Crippen LogP contribution in [0, 0.1) is 10.1 Å². The Hall–Kier alpha value is -2.89. The van der Waals surface area contributed by atoms with E-state index in [0.29, 0.717) is 13.1 Å². The quantitative estimate of drug-likeness (QED) is 0.588. The lowest BCUT2D eigenvalue weighted by Gasteiger charge is -2.34. The number of aliphatic hydroxyl groups is 1. The van der Waals surface area contributed by atoms with Crippen molar-refractivity contribution < 1.29 is 32.8 Å². The molecule has 1 fully saturated rings. The molecule has 2 heterocycles. The zero-order valence-corrected chi connectivity index (χ0v) is 14.5. The van der Waals surface area contributed by atoms with Crippen LogP contribution in [0.5, 0.6) is 0 Å². The average Bonchev–Trinajstić information content (AvgIpc) is 3.00. The molecule has 0 bridgehead atoms. The van der Waals surface area contributed by atoms with E-state index in [-0.39, 0.29) is 17.1 Å². The van der Waals surface area contributed by atoms with Gasteiger partial charge in [-0.25, -0.2) is 0 Å². The van der Waals surface area contributed by atoms with E-state index in [9.17, 15) is 33.2 Å². The lowest BCUT2D eigenvalue weighted by Crippen LogP contribution is -2.64. The Kier molecular flexibility index (Phi) is 5.15. The van der Waals surface area contributed by atoms with E-state index < -0.39 is 28.8 Å². The Bertz CT molecular complexity index is 792. The molecule has 9 nitrogen and oxygen atoms in total. The van der Waals surface area contributed by atoms with Crippen LogP contribution >= 0.6 is 0 Å². The van der Waals surface area contributed by atoms with Crippen molar-refractivity contribution in [3.8, 4) is 0 Å². The fourth-order valence-corrected chi connectivity index (χ4v) is 3.09. The Labute approximate surface area is 156 Å². The summed E-state index contributed by atoms with van der Waals surface area (Å²) in [6.07, 6.45) is -2.85. The van der Waals surface area contributed by atoms with Gasteiger partial charge in [-0.15, -0.1) is 0 Å². The number of hydrogen-bond donors (Lipinski definition) is 2. The summed E-state index contributed by atoms with van der Waals surface area (Å²) in [6.45, 7) is 0.833. The number of carbonyl (C=O) groups is 1. The summed E-state index contributed by atoms with van der Waals surface area (Å²) < 4.78 is 40.3. The van der Waals surface area contributed by atoms with Gasteiger partial charge < -0.3 is 20.2 Å². The Morgan fingerprint density at radius 3 is 2.43 bits per heavy atom. The number of nitro benzene ring substituents is 1. The van der Waals surface area contributed by atoms with Crippen LogP contribution in [0.25, 0.3) is 0 Å². The van der Waals surface area contributed by atoms with Gasteiger partial charge in [0.05, 0.1) is 4.92 Å². The molecule has 12 heteroatoms. The number of likely N-dealkylation sites (tertiary alicyclic amines) is 1. The minimum absolute atomic E-state index is 0.111. The van der Waals surface area contributed by atoms with Gasteiger partial charge in [-0.05, 0) is 31.4 Å². The first kappa shape index (κ1) is 19.9. The molecule has 2 atom stereocenters. The largest absolute Gasteiger partial charge is 0.460 e. The molecule has 1 aromatic rings. The molecule has 0 saturated carbocycles. The highest BCUT2D eigenvalue weighted by Gasteiger charge is 2.68. The van der Waals surface area contributed by atoms with Crippen molar-refractivity contribution in [2.75, 3.05) is 13.1 Å². The van der Waals surface area contributed by atoms with E-state index in [1.165, 1.54) is 4.90 Å². The van der Waals surface area contributed by atoms with E-state index in [4.69, 9.17) is 0 Å². The van der Waals surface area contributed by atoms with Crippen LogP contribution in [0.1, 0.15) is 29.6 Å². The molecule has 1 saturated heterocycles. The summed E-state index contributed by atoms with van der Waals surface area (Å²) >= 11 is 0. The van der Waals surface area contributed by atoms with Crippen LogP contribution < -0.4 is 5.32 Å². The number of piperidine rings is 1. The SMILES string of the molecule is O=C(N[C@H]1C(N2CCCCC2)=NO[C@@]1(O)C(F)(F)F)c1ccc([N+](=O)[O-])cc1. The number of benzene rings is 1. The number of oxime groups is 1. The molecule has 28 heavy (non-hydrogen) atoms. The van der Waals surface area contributed by atoms with E-state index in [1.54, 1.807) is 0 Å². The second-order valence-corrected chi connectivity index (χ2v) is 6.49. The minimum atomic E-state index is -5.22. The molecular formula is C16H17F3N4O5. The van der Waals surface area contributed by atoms with Gasteiger partial charge in [0, 0.05) is 30.8 Å². The Balaban J connectivity index is 1.85. The third-order valence-electron chi connectivity index (χ3n) is 4.63. The molecule has 1 amide bonds. The minimum Gasteiger partial charge on any atom is -0.355 e. The van der Waals surface area contributed by atoms with Gasteiger partial charge in [0.25, 0.3) is 11.6 Å². The van der Waals surface area contributed by atoms with Gasteiger partial charge in [0.15, 0.2) is 11.9 Å². The highest BCUT2D eigenvalue weighted by atomic mass is 19.4. The van der Waals surface area contributed by atoms with E-state index in [1.807, 2.05) is 0 Å². The number of carbonyl (C=O) groups excluding carboxylic acids is 1. The summed E-state index contributed by atoms with van der Waals surface area (Å²) in [4.78, 5) is 28.3. The van der Waals surface area contributed by atoms with Crippen LogP contribution in [0.4, 0.5) is 18.9 Å². The van der Waals surface area contributed by atoms with Gasteiger partial charge in [0.2, 0.25) is 0 Å². The average molecular weight is 402 g/mol. The number of alkyl halides is 3. The zero-order chi connectivity index (χ0) is 20.5. The maximum Gasteiger partial charge on any atom is 0.460 e. The second-order valence-electron chi connectivity index (χ2n) is 6.49. The van der Waals surface area contributed by atoms with Crippen LogP contribution in [-0.4, -0.2) is 57.8 Å². The van der Waals surface area contributed by atoms with E-state index in [0.717, 1.165) is 43.5 Å². The van der Waals surface area contributed by atoms with Crippen LogP contribution in [-0.2, 0) is 4.84 Å². The highest BCUT2D eigenvalue weighted by Crippen LogP contribution is 2.39. The summed E-state index contributed by atoms with van der Waals surface area (Å²) in [5.74, 6) is -4.89. The highest BCUT2D eigenvalue weighted by molar-refractivity contribution is 5.99. The summed E-state index contributed by atoms with van der Waals surface area (Å²) in [5, 5.41) is 26.3. The van der Waals surface area contributed by atoms with Gasteiger partial charge in [0.1, 0.15) is 0 Å². The molecule has 0 aliphatic carbocycles. The molecule has 0 unspecified atom stereocenters. The maximum atomic E-state index is 13.4. The number of amides is 1. The number of hydrogen-bond acceptors (Lipinski definition) is 7. The standard InChI is InChI=1S/C16H17F3N4O5/c17-16(18,19)15(25)12(13(21-28-15)22-8-2-1-3-9-22)20-14(24)10-4-6-11(7-5-10)23(26)27/h4-7,12,25H,1-3,8-9H2,(H,20,24)/t12-,15+/m0/s1. The number of nitrogens with zero attached hydrogens (tertiary/aromatic N) is 3. The molecule has 152 valence electrons. The summed E-state index contributed by atoms with van der Waals surface area (Å²) in [5.41, 5.74) is -0.386. The zero-order valence-electron chi connectivity index (χ0n) is 14.5. The number of amidine groups is 1. The molecule has 0 spiro atoms. The predicted octanol–water partition coefficient (Wildman–Crippen LogP) is 1.77. The smallest absolute Gasteiger partial charge is 0.355 e. The molecule has 2 aliphatic rings. The first-order chi connectivity index (χ1) is 13.1. The van der Waals surface area contributed by atoms with Crippen molar-refractivity contribution in [2.45, 2.75) is 37.3 Å². The number of nitrogens with one attached hydrogen (secondary N) is 1. The third-order valence-corrected chi connectivity index (χ3v) is 4.63. The topological polar surface area (TPSA) is 117 Å². The van der Waals surface area contributed by atoms with Gasteiger partial charge in [-0.3, -0.25) is 14.9 Å². The van der Waals surface area contributed by atoms with Crippen molar-refractivity contribution in [1.82, 2.24) is 10.2 Å². The first-order valence-corrected chi connectivity index (χ1v) is 8.49. The van der Waals surface area contributed by atoms with Crippen molar-refractivity contribution in [3.05, 3.63) is 39.9 Å². The molecule has 1 aromatic carbocycles. The molecule has 3 rings (SSSR count). The number of rotatable bonds is 3. The Morgan fingerprint density at radius 1 is 1.29 bits per heavy atom. The van der Waals surface area contributed by atoms with Crippen molar-refractivity contribution in [2.24, 2.45) is 5.16 Å². The molecular weight excluding hydrogens is 385 g/mol. The molecule has 2 N–H and O–H groups in total. The Morgan fingerprint density at radius 2 is 1.89 bits per heavy atom. The van der Waals surface area contributed by atoms with Crippen molar-refractivity contribution in [3.63, 3.8) is 0 Å². The van der Waals surface area contributed by atoms with Crippen molar-refractivity contribution >= 4 is 17.4 Å². The van der Waals surface area contributed by atoms with Crippen LogP contribution in [0.3, 0.4) is 0 Å². The van der Waals surface area contributed by atoms with Gasteiger partial charge in [-0.2, -0.15) is 13.2 Å². The maximum absolute atomic E-state index is 13.4. The summed E-state index contributed by atoms with van der Waals surface area (Å²) in [7, 11) is 0. The molecule has 0 radical (unpaired) electrons. The predicted molar refractivity (Wildman–Crippen MR) is 89.3 cm³/mol. The summed E-state index contributed by atoms with van der Waals surface area (Å²) in [6, 6.07) is 2.33. The number of halogens is 3. The fraction of sp³-hybridized carbons (Fsp3) is 0.500. The lowest BCUT2D eigenvalue weighted by molar-refractivity contribution is -0.384. The number of nitro groups is 1. The van der Waals surface area contributed by atoms with E-state index in [2.05, 4.69) is 15.3 Å². The third kappa shape index (κ3) is 3.59. The second kappa shape index (κ2) is 7.26. The number of non-ortho nitro benzene ring substituents is 1. The van der Waals surface area contributed by atoms with Crippen molar-refractivity contribution in [1.29, 1.82) is 0 Å². The van der Waals surface area contributed by atoms with Crippen LogP contribution in [0.2, 0.25) is 0 Å². The fourth-order valence-electron chi connectivity index (χ4n) is 3.09. The van der Waals surface area contributed by atoms with Crippen LogP contribution in [0.15, 0.2) is 29.4 Å². The monoisotopic (exact) mass is 402 g/mol. The van der Waals surface area contributed by atoms with E-state index >= 15 is 0 Å². The molecule has 2 aliphatic heterocycles. The first-order valence-electron chi connectivity index (χ1n) is 8.49. The van der Waals surface area contributed by atoms with Gasteiger partial charge in [-0.1, -0.05) is 5.16 Å². The lowest BCUT2D eigenvalue weighted by atomic mass is 10.0. The van der Waals surface area contributed by atoms with Gasteiger partial charge >= 0.3 is 12.0 Å². The normalized spacial score (nSPS) is 25.1.